The Hall–Kier alpha value is -0.330. The van der Waals surface area contributed by atoms with Crippen LogP contribution in [0, 0.1) is 0 Å². The molecule has 4 nitrogen and oxygen atoms in total. The van der Waals surface area contributed by atoms with Crippen molar-refractivity contribution in [3.8, 4) is 0 Å². The molecule has 0 aromatic rings. The van der Waals surface area contributed by atoms with E-state index in [9.17, 15) is 4.79 Å². The predicted octanol–water partition coefficient (Wildman–Crippen LogP) is -0.331. The second kappa shape index (κ2) is 3.18. The Kier molecular flexibility index (Phi) is 2.47. The molecular formula is C4H7N3OS2. The van der Waals surface area contributed by atoms with E-state index >= 15 is 0 Å². The third-order valence-corrected chi connectivity index (χ3v) is 2.13. The largest absolute Gasteiger partial charge is 0.368 e. The van der Waals surface area contributed by atoms with Crippen LogP contribution >= 0.6 is 24.6 Å². The van der Waals surface area contributed by atoms with Crippen molar-refractivity contribution in [2.45, 2.75) is 0 Å². The third kappa shape index (κ3) is 1.83. The van der Waals surface area contributed by atoms with Crippen LogP contribution in [0.15, 0.2) is 10.4 Å². The van der Waals surface area contributed by atoms with Crippen molar-refractivity contribution in [3.63, 3.8) is 0 Å². The number of nitrogens with two attached hydrogens (primary N) is 1. The molecule has 10 heavy (non-hydrogen) atoms. The van der Waals surface area contributed by atoms with Gasteiger partial charge in [-0.05, 0) is 11.9 Å². The topological polar surface area (TPSA) is 58.4 Å². The van der Waals surface area contributed by atoms with Crippen LogP contribution in [0.25, 0.3) is 0 Å². The normalized spacial score (nSPS) is 17.3. The maximum atomic E-state index is 10.4. The zero-order valence-electron chi connectivity index (χ0n) is 5.07. The standard InChI is InChI=1S/C4H7N3OS2/c5-3(8)1-7-4(9)2-10-6-7/h2,6,9H,1H2,(H2,5,8). The van der Waals surface area contributed by atoms with Gasteiger partial charge in [-0.25, -0.2) is 0 Å². The van der Waals surface area contributed by atoms with Gasteiger partial charge in [0.1, 0.15) is 6.54 Å². The fraction of sp³-hybridized carbons (Fsp3) is 0.250. The highest BCUT2D eigenvalue weighted by molar-refractivity contribution is 8.01. The highest BCUT2D eigenvalue weighted by atomic mass is 32.2. The summed E-state index contributed by atoms with van der Waals surface area (Å²) < 4.78 is 0. The van der Waals surface area contributed by atoms with Crippen molar-refractivity contribution in [2.75, 3.05) is 6.54 Å². The molecule has 1 heterocycles. The molecule has 1 aliphatic heterocycles. The van der Waals surface area contributed by atoms with Crippen LogP contribution in [0.1, 0.15) is 0 Å². The van der Waals surface area contributed by atoms with Crippen LogP contribution in [-0.4, -0.2) is 17.5 Å². The van der Waals surface area contributed by atoms with Crippen LogP contribution in [-0.2, 0) is 4.79 Å². The first-order valence-corrected chi connectivity index (χ1v) is 3.89. The molecule has 0 atom stereocenters. The van der Waals surface area contributed by atoms with E-state index in [1.807, 2.05) is 0 Å². The summed E-state index contributed by atoms with van der Waals surface area (Å²) in [6.45, 7) is 0.155. The van der Waals surface area contributed by atoms with Gasteiger partial charge in [0.2, 0.25) is 5.91 Å². The fourth-order valence-electron chi connectivity index (χ4n) is 0.522. The molecule has 1 rings (SSSR count). The number of hydrogen-bond acceptors (Lipinski definition) is 5. The lowest BCUT2D eigenvalue weighted by Gasteiger charge is -2.15. The Balaban J connectivity index is 2.43. The molecule has 0 spiro atoms. The average Bonchev–Trinajstić information content (AvgIpc) is 2.15. The molecule has 0 aromatic carbocycles. The second-order valence-electron chi connectivity index (χ2n) is 1.74. The molecular weight excluding hydrogens is 170 g/mol. The number of nitrogens with one attached hydrogen (secondary N) is 1. The highest BCUT2D eigenvalue weighted by Crippen LogP contribution is 2.19. The third-order valence-electron chi connectivity index (χ3n) is 0.918. The lowest BCUT2D eigenvalue weighted by atomic mass is 10.6. The SMILES string of the molecule is NC(=O)CN1NSC=C1S. The summed E-state index contributed by atoms with van der Waals surface area (Å²) >= 11 is 5.42. The van der Waals surface area contributed by atoms with Gasteiger partial charge in [-0.2, -0.15) is 4.83 Å². The van der Waals surface area contributed by atoms with Crippen LogP contribution in [0.4, 0.5) is 0 Å². The van der Waals surface area contributed by atoms with Gasteiger partial charge in [0, 0.05) is 5.41 Å². The predicted molar refractivity (Wildman–Crippen MR) is 43.7 cm³/mol. The Bertz CT molecular complexity index is 181. The summed E-state index contributed by atoms with van der Waals surface area (Å²) in [5.41, 5.74) is 4.94. The van der Waals surface area contributed by atoms with E-state index in [-0.39, 0.29) is 12.5 Å². The summed E-state index contributed by atoms with van der Waals surface area (Å²) in [7, 11) is 0. The molecule has 3 N–H and O–H groups in total. The van der Waals surface area contributed by atoms with Crippen molar-refractivity contribution >= 4 is 30.5 Å². The van der Waals surface area contributed by atoms with Crippen LogP contribution in [0.3, 0.4) is 0 Å². The Morgan fingerprint density at radius 2 is 2.70 bits per heavy atom. The molecule has 56 valence electrons. The molecule has 0 aliphatic carbocycles. The molecule has 1 aliphatic rings. The molecule has 0 fully saturated rings. The number of carbonyl (C=O) groups is 1. The minimum atomic E-state index is -0.380. The highest BCUT2D eigenvalue weighted by Gasteiger charge is 2.13. The van der Waals surface area contributed by atoms with E-state index < -0.39 is 0 Å². The van der Waals surface area contributed by atoms with E-state index in [1.54, 1.807) is 10.4 Å². The summed E-state index contributed by atoms with van der Waals surface area (Å²) in [5.74, 6) is -0.380. The van der Waals surface area contributed by atoms with Gasteiger partial charge in [0.15, 0.2) is 0 Å². The number of hydrogen-bond donors (Lipinski definition) is 3. The van der Waals surface area contributed by atoms with Crippen molar-refractivity contribution < 1.29 is 4.79 Å². The van der Waals surface area contributed by atoms with Gasteiger partial charge < -0.3 is 5.73 Å². The fourth-order valence-corrected chi connectivity index (χ4v) is 1.44. The minimum absolute atomic E-state index is 0.155. The first-order chi connectivity index (χ1) is 4.70. The lowest BCUT2D eigenvalue weighted by molar-refractivity contribution is -0.118. The average molecular weight is 177 g/mol. The lowest BCUT2D eigenvalue weighted by Crippen LogP contribution is -2.35. The molecule has 6 heteroatoms. The quantitative estimate of drug-likeness (QED) is 0.399. The van der Waals surface area contributed by atoms with Crippen molar-refractivity contribution in [3.05, 3.63) is 10.4 Å². The molecule has 0 bridgehead atoms. The monoisotopic (exact) mass is 177 g/mol. The van der Waals surface area contributed by atoms with Gasteiger partial charge in [-0.3, -0.25) is 9.80 Å². The molecule has 0 unspecified atom stereocenters. The van der Waals surface area contributed by atoms with E-state index in [0.29, 0.717) is 5.03 Å². The maximum Gasteiger partial charge on any atom is 0.238 e. The first kappa shape index (κ1) is 7.77. The van der Waals surface area contributed by atoms with Crippen molar-refractivity contribution in [1.29, 1.82) is 0 Å². The summed E-state index contributed by atoms with van der Waals surface area (Å²) in [4.78, 5) is 13.2. The first-order valence-electron chi connectivity index (χ1n) is 2.56. The van der Waals surface area contributed by atoms with Gasteiger partial charge in [-0.15, -0.1) is 12.6 Å². The minimum Gasteiger partial charge on any atom is -0.368 e. The van der Waals surface area contributed by atoms with Gasteiger partial charge in [0.05, 0.1) is 5.03 Å². The number of primary amides is 1. The zero-order valence-corrected chi connectivity index (χ0v) is 6.78. The van der Waals surface area contributed by atoms with Crippen LogP contribution < -0.4 is 10.6 Å². The molecule has 0 saturated carbocycles. The smallest absolute Gasteiger partial charge is 0.238 e. The van der Waals surface area contributed by atoms with Crippen molar-refractivity contribution in [1.82, 2.24) is 9.84 Å². The second-order valence-corrected chi connectivity index (χ2v) is 2.85. The Morgan fingerprint density at radius 1 is 2.00 bits per heavy atom. The van der Waals surface area contributed by atoms with Crippen LogP contribution in [0.5, 0.6) is 0 Å². The molecule has 0 radical (unpaired) electrons. The molecule has 0 aromatic heterocycles. The van der Waals surface area contributed by atoms with E-state index in [2.05, 4.69) is 17.5 Å². The number of hydrazine groups is 1. The number of amides is 1. The number of rotatable bonds is 2. The maximum absolute atomic E-state index is 10.4. The summed E-state index contributed by atoms with van der Waals surface area (Å²) in [5, 5.41) is 4.06. The number of carbonyl (C=O) groups excluding carboxylic acids is 1. The van der Waals surface area contributed by atoms with Crippen molar-refractivity contribution in [2.24, 2.45) is 5.73 Å². The summed E-state index contributed by atoms with van der Waals surface area (Å²) in [6.07, 6.45) is 0. The van der Waals surface area contributed by atoms with E-state index in [0.717, 1.165) is 0 Å². The Labute approximate surface area is 68.3 Å². The van der Waals surface area contributed by atoms with Crippen LogP contribution in [0.2, 0.25) is 0 Å². The molecule has 0 saturated heterocycles. The van der Waals surface area contributed by atoms with Gasteiger partial charge >= 0.3 is 0 Å². The zero-order chi connectivity index (χ0) is 7.56. The van der Waals surface area contributed by atoms with Gasteiger partial charge in [-0.1, -0.05) is 0 Å². The van der Waals surface area contributed by atoms with Gasteiger partial charge in [0.25, 0.3) is 0 Å². The Morgan fingerprint density at radius 3 is 3.10 bits per heavy atom. The van der Waals surface area contributed by atoms with E-state index in [1.165, 1.54) is 11.9 Å². The number of nitrogens with zero attached hydrogens (tertiary/aromatic N) is 1. The molecule has 1 amide bonds. The summed E-state index contributed by atoms with van der Waals surface area (Å²) in [6, 6.07) is 0. The number of thiol groups is 1. The van der Waals surface area contributed by atoms with E-state index in [4.69, 9.17) is 5.73 Å².